The summed E-state index contributed by atoms with van der Waals surface area (Å²) in [5, 5.41) is 11.3. The molecule has 0 aliphatic rings. The molecule has 0 fully saturated rings. The van der Waals surface area contributed by atoms with E-state index in [9.17, 15) is 9.59 Å². The van der Waals surface area contributed by atoms with Gasteiger partial charge >= 0.3 is 12.0 Å². The quantitative estimate of drug-likeness (QED) is 0.559. The predicted molar refractivity (Wildman–Crippen MR) is 69.9 cm³/mol. The summed E-state index contributed by atoms with van der Waals surface area (Å²) in [6.07, 6.45) is 0. The number of benzene rings is 1. The van der Waals surface area contributed by atoms with Gasteiger partial charge in [-0.25, -0.2) is 15.1 Å². The maximum Gasteiger partial charge on any atom is 0.343 e. The first-order valence-corrected chi connectivity index (χ1v) is 5.80. The van der Waals surface area contributed by atoms with Crippen molar-refractivity contribution < 1.29 is 19.5 Å². The van der Waals surface area contributed by atoms with Gasteiger partial charge in [0.2, 0.25) is 0 Å². The molecule has 0 bridgehead atoms. The number of urea groups is 1. The number of carbonyl (C=O) groups is 2. The third kappa shape index (κ3) is 5.20. The molecule has 8 heteroatoms. The number of hydroxylamine groups is 1. The maximum atomic E-state index is 11.3. The van der Waals surface area contributed by atoms with Crippen LogP contribution in [0.5, 0.6) is 0 Å². The number of rotatable bonds is 4. The fourth-order valence-electron chi connectivity index (χ4n) is 0.902. The second-order valence-electron chi connectivity index (χ2n) is 2.86. The van der Waals surface area contributed by atoms with E-state index >= 15 is 0 Å². The molecule has 0 heterocycles. The van der Waals surface area contributed by atoms with Crippen LogP contribution in [-0.2, 0) is 9.63 Å². The third-order valence-corrected chi connectivity index (χ3v) is 2.67. The van der Waals surface area contributed by atoms with Crippen LogP contribution in [0.3, 0.4) is 0 Å². The number of halogens is 2. The summed E-state index contributed by atoms with van der Waals surface area (Å²) in [7, 11) is 0. The van der Waals surface area contributed by atoms with E-state index < -0.39 is 18.6 Å². The summed E-state index contributed by atoms with van der Waals surface area (Å²) in [5.41, 5.74) is 2.48. The highest BCUT2D eigenvalue weighted by Gasteiger charge is 2.06. The lowest BCUT2D eigenvalue weighted by Gasteiger charge is -2.08. The topological polar surface area (TPSA) is 87.7 Å². The summed E-state index contributed by atoms with van der Waals surface area (Å²) in [6.45, 7) is -0.606. The summed E-state index contributed by atoms with van der Waals surface area (Å²) < 4.78 is 0.753. The maximum absolute atomic E-state index is 11.3. The molecule has 17 heavy (non-hydrogen) atoms. The zero-order valence-electron chi connectivity index (χ0n) is 8.37. The van der Waals surface area contributed by atoms with Gasteiger partial charge in [-0.05, 0) is 40.8 Å². The molecular formula is C9H8ClIN2O4. The molecule has 0 aliphatic heterocycles. The Labute approximate surface area is 115 Å². The van der Waals surface area contributed by atoms with Crippen molar-refractivity contribution in [1.82, 2.24) is 5.48 Å². The Bertz CT molecular complexity index is 441. The van der Waals surface area contributed by atoms with Crippen molar-refractivity contribution in [2.45, 2.75) is 0 Å². The fourth-order valence-corrected chi connectivity index (χ4v) is 1.91. The van der Waals surface area contributed by atoms with Crippen LogP contribution in [0.15, 0.2) is 18.2 Å². The van der Waals surface area contributed by atoms with Crippen LogP contribution in [0.25, 0.3) is 0 Å². The molecule has 3 N–H and O–H groups in total. The second kappa shape index (κ2) is 6.62. The molecular weight excluding hydrogens is 362 g/mol. The summed E-state index contributed by atoms with van der Waals surface area (Å²) >= 11 is 7.75. The number of aliphatic carboxylic acids is 1. The SMILES string of the molecule is O=C(O)CONC(=O)Nc1ccc(Cl)cc1I. The molecule has 0 atom stereocenters. The molecule has 1 aromatic rings. The van der Waals surface area contributed by atoms with Crippen LogP contribution >= 0.6 is 34.2 Å². The average Bonchev–Trinajstić information content (AvgIpc) is 2.21. The Morgan fingerprint density at radius 1 is 1.47 bits per heavy atom. The monoisotopic (exact) mass is 370 g/mol. The Morgan fingerprint density at radius 2 is 2.18 bits per heavy atom. The molecule has 0 aromatic heterocycles. The molecule has 0 aliphatic carbocycles. The van der Waals surface area contributed by atoms with E-state index in [-0.39, 0.29) is 0 Å². The first-order chi connectivity index (χ1) is 7.99. The molecule has 1 rings (SSSR count). The Hall–Kier alpha value is -1.06. The van der Waals surface area contributed by atoms with E-state index in [1.54, 1.807) is 18.2 Å². The normalized spacial score (nSPS) is 9.76. The standard InChI is InChI=1S/C9H8ClIN2O4/c10-5-1-2-7(6(11)3-5)12-9(16)13-17-4-8(14)15/h1-3H,4H2,(H,14,15)(H2,12,13,16). The van der Waals surface area contributed by atoms with Gasteiger partial charge in [-0.15, -0.1) is 0 Å². The van der Waals surface area contributed by atoms with Crippen LogP contribution in [0.1, 0.15) is 0 Å². The van der Waals surface area contributed by atoms with Crippen LogP contribution in [0.4, 0.5) is 10.5 Å². The second-order valence-corrected chi connectivity index (χ2v) is 4.46. The van der Waals surface area contributed by atoms with Crippen molar-refractivity contribution in [3.63, 3.8) is 0 Å². The van der Waals surface area contributed by atoms with Crippen molar-refractivity contribution in [3.8, 4) is 0 Å². The molecule has 92 valence electrons. The zero-order chi connectivity index (χ0) is 12.8. The van der Waals surface area contributed by atoms with E-state index in [2.05, 4.69) is 10.2 Å². The smallest absolute Gasteiger partial charge is 0.343 e. The van der Waals surface area contributed by atoms with E-state index in [0.717, 1.165) is 3.57 Å². The number of carboxylic acid groups (broad SMARTS) is 1. The first-order valence-electron chi connectivity index (χ1n) is 4.34. The Kier molecular flexibility index (Phi) is 5.45. The van der Waals surface area contributed by atoms with Gasteiger partial charge in [-0.1, -0.05) is 11.6 Å². The number of hydrogen-bond acceptors (Lipinski definition) is 3. The lowest BCUT2D eigenvalue weighted by atomic mass is 10.3. The fraction of sp³-hybridized carbons (Fsp3) is 0.111. The van der Waals surface area contributed by atoms with E-state index in [1.807, 2.05) is 28.1 Å². The lowest BCUT2D eigenvalue weighted by molar-refractivity contribution is -0.143. The van der Waals surface area contributed by atoms with Crippen molar-refractivity contribution in [1.29, 1.82) is 0 Å². The van der Waals surface area contributed by atoms with E-state index in [1.165, 1.54) is 0 Å². The summed E-state index contributed by atoms with van der Waals surface area (Å²) in [6, 6.07) is 4.26. The first kappa shape index (κ1) is 14.0. The molecule has 0 saturated carbocycles. The minimum Gasteiger partial charge on any atom is -0.479 e. The lowest BCUT2D eigenvalue weighted by Crippen LogP contribution is -2.31. The highest BCUT2D eigenvalue weighted by atomic mass is 127. The van der Waals surface area contributed by atoms with Gasteiger partial charge in [0.1, 0.15) is 0 Å². The van der Waals surface area contributed by atoms with Gasteiger partial charge in [-0.2, -0.15) is 0 Å². The molecule has 1 aromatic carbocycles. The number of carbonyl (C=O) groups excluding carboxylic acids is 1. The van der Waals surface area contributed by atoms with Crippen molar-refractivity contribution in [2.75, 3.05) is 11.9 Å². The van der Waals surface area contributed by atoms with Crippen molar-refractivity contribution in [3.05, 3.63) is 26.8 Å². The van der Waals surface area contributed by atoms with Gasteiger partial charge in [0.05, 0.1) is 5.69 Å². The number of amides is 2. The summed E-state index contributed by atoms with van der Waals surface area (Å²) in [5.74, 6) is -1.17. The van der Waals surface area contributed by atoms with E-state index in [0.29, 0.717) is 10.7 Å². The Balaban J connectivity index is 2.48. The number of hydrogen-bond donors (Lipinski definition) is 3. The number of anilines is 1. The molecule has 0 saturated heterocycles. The molecule has 0 spiro atoms. The van der Waals surface area contributed by atoms with Gasteiger partial charge in [0, 0.05) is 8.59 Å². The third-order valence-electron chi connectivity index (χ3n) is 1.54. The molecule has 2 amide bonds. The van der Waals surface area contributed by atoms with Crippen LogP contribution in [0.2, 0.25) is 5.02 Å². The molecule has 0 radical (unpaired) electrons. The molecule has 0 unspecified atom stereocenters. The predicted octanol–water partition coefficient (Wildman–Crippen LogP) is 2.08. The number of nitrogens with one attached hydrogen (secondary N) is 2. The largest absolute Gasteiger partial charge is 0.479 e. The van der Waals surface area contributed by atoms with Crippen molar-refractivity contribution in [2.24, 2.45) is 0 Å². The highest BCUT2D eigenvalue weighted by Crippen LogP contribution is 2.21. The number of carboxylic acids is 1. The minimum atomic E-state index is -1.17. The van der Waals surface area contributed by atoms with Gasteiger partial charge < -0.3 is 10.4 Å². The van der Waals surface area contributed by atoms with Gasteiger partial charge in [-0.3, -0.25) is 4.84 Å². The van der Waals surface area contributed by atoms with Gasteiger partial charge in [0.15, 0.2) is 6.61 Å². The highest BCUT2D eigenvalue weighted by molar-refractivity contribution is 14.1. The van der Waals surface area contributed by atoms with Crippen LogP contribution in [-0.4, -0.2) is 23.7 Å². The minimum absolute atomic E-state index is 0.548. The van der Waals surface area contributed by atoms with E-state index in [4.69, 9.17) is 16.7 Å². The van der Waals surface area contributed by atoms with Gasteiger partial charge in [0.25, 0.3) is 0 Å². The van der Waals surface area contributed by atoms with Crippen molar-refractivity contribution >= 4 is 51.9 Å². The van der Waals surface area contributed by atoms with Crippen LogP contribution < -0.4 is 10.8 Å². The zero-order valence-corrected chi connectivity index (χ0v) is 11.3. The average molecular weight is 371 g/mol. The van der Waals surface area contributed by atoms with Crippen LogP contribution in [0, 0.1) is 3.57 Å². The molecule has 6 nitrogen and oxygen atoms in total. The summed E-state index contributed by atoms with van der Waals surface area (Å²) in [4.78, 5) is 25.8. The Morgan fingerprint density at radius 3 is 2.76 bits per heavy atom.